The van der Waals surface area contributed by atoms with Crippen LogP contribution < -0.4 is 10.4 Å². The van der Waals surface area contributed by atoms with Gasteiger partial charge in [-0.15, -0.1) is 0 Å². The molecule has 2 aromatic rings. The van der Waals surface area contributed by atoms with Crippen LogP contribution in [-0.2, 0) is 11.2 Å². The van der Waals surface area contributed by atoms with Crippen LogP contribution in [0.5, 0.6) is 0 Å². The maximum Gasteiger partial charge on any atom is 0.152 e. The number of allylic oxidation sites excluding steroid dienone is 4. The van der Waals surface area contributed by atoms with Crippen LogP contribution in [0, 0.1) is 0 Å². The zero-order valence-electron chi connectivity index (χ0n) is 21.6. The third-order valence-electron chi connectivity index (χ3n) is 6.51. The number of aromatic nitrogens is 1. The van der Waals surface area contributed by atoms with Crippen LogP contribution in [0.25, 0.3) is 17.7 Å². The van der Waals surface area contributed by atoms with Crippen molar-refractivity contribution < 1.29 is 9.53 Å². The molecule has 1 aromatic carbocycles. The van der Waals surface area contributed by atoms with Crippen molar-refractivity contribution >= 4 is 36.0 Å². The summed E-state index contributed by atoms with van der Waals surface area (Å²) in [7, 11) is 2.05. The van der Waals surface area contributed by atoms with Gasteiger partial charge in [0.05, 0.1) is 17.7 Å². The SMILES string of the molecule is C/C=C\C(=C/C)c1cc(Cc2cc(C=O)c(N=CN(C)C3CCOCC3)c(=C/C)/c2=C\C)ccn1. The molecule has 5 heteroatoms. The lowest BCUT2D eigenvalue weighted by Crippen LogP contribution is -2.36. The van der Waals surface area contributed by atoms with E-state index in [9.17, 15) is 4.79 Å². The number of nitrogens with zero attached hydrogens (tertiary/aromatic N) is 3. The van der Waals surface area contributed by atoms with E-state index in [1.165, 1.54) is 0 Å². The van der Waals surface area contributed by atoms with Crippen molar-refractivity contribution in [3.8, 4) is 0 Å². The molecule has 0 N–H and O–H groups in total. The molecule has 5 nitrogen and oxygen atoms in total. The number of ether oxygens (including phenoxy) is 1. The van der Waals surface area contributed by atoms with Crippen molar-refractivity contribution in [1.82, 2.24) is 9.88 Å². The molecule has 1 saturated heterocycles. The molecule has 0 saturated carbocycles. The molecule has 0 unspecified atom stereocenters. The second kappa shape index (κ2) is 13.0. The fourth-order valence-corrected chi connectivity index (χ4v) is 4.61. The van der Waals surface area contributed by atoms with Crippen molar-refractivity contribution in [3.63, 3.8) is 0 Å². The van der Waals surface area contributed by atoms with Crippen LogP contribution in [-0.4, -0.2) is 48.8 Å². The van der Waals surface area contributed by atoms with Crippen LogP contribution in [0.2, 0.25) is 0 Å². The fourth-order valence-electron chi connectivity index (χ4n) is 4.61. The van der Waals surface area contributed by atoms with Crippen molar-refractivity contribution in [2.75, 3.05) is 20.3 Å². The van der Waals surface area contributed by atoms with E-state index in [4.69, 9.17) is 9.73 Å². The standard InChI is InChI=1S/C30H37N3O2/c1-6-10-23(7-2)29-18-22(11-14-31-29)17-24-19-25(20-34)30(28(9-4)27(24)8-3)32-21-33(5)26-12-15-35-16-13-26/h6-11,14,18-21,26H,12-13,15-17H2,1-5H3/b10-6-,23-7+,27-8-,28-9+,32-21?. The third kappa shape index (κ3) is 6.43. The van der Waals surface area contributed by atoms with Gasteiger partial charge >= 0.3 is 0 Å². The summed E-state index contributed by atoms with van der Waals surface area (Å²) < 4.78 is 5.48. The number of hydrogen-bond acceptors (Lipinski definition) is 4. The van der Waals surface area contributed by atoms with E-state index in [1.54, 1.807) is 0 Å². The number of hydrogen-bond donors (Lipinski definition) is 0. The molecular formula is C30H37N3O2. The second-order valence-corrected chi connectivity index (χ2v) is 8.72. The highest BCUT2D eigenvalue weighted by Crippen LogP contribution is 2.19. The van der Waals surface area contributed by atoms with E-state index in [1.807, 2.05) is 65.5 Å². The lowest BCUT2D eigenvalue weighted by atomic mass is 9.96. The summed E-state index contributed by atoms with van der Waals surface area (Å²) in [6.07, 6.45) is 17.6. The monoisotopic (exact) mass is 471 g/mol. The van der Waals surface area contributed by atoms with Gasteiger partial charge in [0.1, 0.15) is 0 Å². The largest absolute Gasteiger partial charge is 0.381 e. The van der Waals surface area contributed by atoms with E-state index in [2.05, 4.69) is 40.3 Å². The topological polar surface area (TPSA) is 54.8 Å². The molecular weight excluding hydrogens is 434 g/mol. The van der Waals surface area contributed by atoms with Gasteiger partial charge in [-0.1, -0.05) is 30.4 Å². The lowest BCUT2D eigenvalue weighted by Gasteiger charge is -2.29. The first-order chi connectivity index (χ1) is 17.1. The maximum absolute atomic E-state index is 12.1. The summed E-state index contributed by atoms with van der Waals surface area (Å²) in [5, 5.41) is 2.10. The molecule has 0 atom stereocenters. The Morgan fingerprint density at radius 3 is 2.51 bits per heavy atom. The third-order valence-corrected chi connectivity index (χ3v) is 6.51. The number of pyridine rings is 1. The lowest BCUT2D eigenvalue weighted by molar-refractivity contribution is 0.0616. The minimum Gasteiger partial charge on any atom is -0.381 e. The Morgan fingerprint density at radius 1 is 1.14 bits per heavy atom. The minimum atomic E-state index is 0.406. The van der Waals surface area contributed by atoms with Crippen LogP contribution in [0.4, 0.5) is 5.69 Å². The van der Waals surface area contributed by atoms with E-state index in [0.29, 0.717) is 18.0 Å². The minimum absolute atomic E-state index is 0.406. The average molecular weight is 472 g/mol. The summed E-state index contributed by atoms with van der Waals surface area (Å²) in [5.74, 6) is 0. The first kappa shape index (κ1) is 26.3. The van der Waals surface area contributed by atoms with Crippen LogP contribution in [0.1, 0.15) is 67.7 Å². The van der Waals surface area contributed by atoms with Crippen LogP contribution >= 0.6 is 0 Å². The van der Waals surface area contributed by atoms with Gasteiger partial charge in [0.25, 0.3) is 0 Å². The summed E-state index contributed by atoms with van der Waals surface area (Å²) in [6.45, 7) is 9.62. The summed E-state index contributed by atoms with van der Waals surface area (Å²) in [4.78, 5) is 23.6. The maximum atomic E-state index is 12.1. The number of aldehydes is 1. The molecule has 1 aliphatic rings. The quantitative estimate of drug-likeness (QED) is 0.239. The Kier molecular flexibility index (Phi) is 9.74. The highest BCUT2D eigenvalue weighted by molar-refractivity contribution is 5.85. The van der Waals surface area contributed by atoms with E-state index < -0.39 is 0 Å². The number of carbonyl (C=O) groups excluding carboxylic acids is 1. The van der Waals surface area contributed by atoms with Gasteiger partial charge in [-0.25, -0.2) is 4.99 Å². The first-order valence-electron chi connectivity index (χ1n) is 12.4. The highest BCUT2D eigenvalue weighted by atomic mass is 16.5. The highest BCUT2D eigenvalue weighted by Gasteiger charge is 2.17. The first-order valence-corrected chi connectivity index (χ1v) is 12.4. The molecule has 1 fully saturated rings. The number of carbonyl (C=O) groups is 1. The number of rotatable bonds is 8. The van der Waals surface area contributed by atoms with Gasteiger partial charge in [-0.2, -0.15) is 0 Å². The number of aliphatic imine (C=N–C) groups is 1. The second-order valence-electron chi connectivity index (χ2n) is 8.72. The van der Waals surface area contributed by atoms with Gasteiger partial charge in [-0.3, -0.25) is 9.78 Å². The predicted octanol–water partition coefficient (Wildman–Crippen LogP) is 4.84. The fraction of sp³-hybridized carbons (Fsp3) is 0.367. The zero-order chi connectivity index (χ0) is 25.2. The van der Waals surface area contributed by atoms with Crippen molar-refractivity contribution in [3.05, 3.63) is 75.4 Å². The van der Waals surface area contributed by atoms with Gasteiger partial charge < -0.3 is 9.64 Å². The van der Waals surface area contributed by atoms with Crippen molar-refractivity contribution in [1.29, 1.82) is 0 Å². The van der Waals surface area contributed by atoms with Gasteiger partial charge in [0.2, 0.25) is 0 Å². The molecule has 0 aliphatic carbocycles. The molecule has 0 radical (unpaired) electrons. The Balaban J connectivity index is 2.01. The Hall–Kier alpha value is -3.31. The molecule has 184 valence electrons. The average Bonchev–Trinajstić information content (AvgIpc) is 2.90. The molecule has 3 rings (SSSR count). The molecule has 35 heavy (non-hydrogen) atoms. The van der Waals surface area contributed by atoms with Crippen LogP contribution in [0.3, 0.4) is 0 Å². The molecule has 0 spiro atoms. The van der Waals surface area contributed by atoms with Crippen molar-refractivity contribution in [2.45, 2.75) is 53.0 Å². The predicted molar refractivity (Wildman–Crippen MR) is 147 cm³/mol. The van der Waals surface area contributed by atoms with E-state index in [0.717, 1.165) is 70.9 Å². The van der Waals surface area contributed by atoms with Gasteiger partial charge in [-0.05, 0) is 87.1 Å². The Labute approximate surface area is 209 Å². The number of benzene rings is 1. The zero-order valence-corrected chi connectivity index (χ0v) is 21.6. The van der Waals surface area contributed by atoms with E-state index >= 15 is 0 Å². The summed E-state index contributed by atoms with van der Waals surface area (Å²) in [6, 6.07) is 6.55. The smallest absolute Gasteiger partial charge is 0.152 e. The molecule has 0 amide bonds. The van der Waals surface area contributed by atoms with E-state index in [-0.39, 0.29) is 0 Å². The van der Waals surface area contributed by atoms with Gasteiger partial charge in [0, 0.05) is 43.3 Å². The Morgan fingerprint density at radius 2 is 1.89 bits per heavy atom. The Bertz CT molecular complexity index is 1230. The summed E-state index contributed by atoms with van der Waals surface area (Å²) >= 11 is 0. The molecule has 1 aromatic heterocycles. The summed E-state index contributed by atoms with van der Waals surface area (Å²) in [5.41, 5.74) is 5.61. The van der Waals surface area contributed by atoms with Crippen molar-refractivity contribution in [2.24, 2.45) is 4.99 Å². The van der Waals surface area contributed by atoms with Crippen LogP contribution in [0.15, 0.2) is 47.6 Å². The molecule has 0 bridgehead atoms. The normalized spacial score (nSPS) is 16.5. The van der Waals surface area contributed by atoms with Gasteiger partial charge in [0.15, 0.2) is 6.29 Å². The molecule has 1 aliphatic heterocycles. The molecule has 2 heterocycles.